The van der Waals surface area contributed by atoms with Crippen molar-refractivity contribution in [3.63, 3.8) is 0 Å². The molecule has 2 aromatic rings. The molecule has 1 amide bonds. The lowest BCUT2D eigenvalue weighted by Gasteiger charge is -2.05. The van der Waals surface area contributed by atoms with Crippen LogP contribution in [0.3, 0.4) is 0 Å². The van der Waals surface area contributed by atoms with Crippen molar-refractivity contribution in [3.05, 3.63) is 51.5 Å². The van der Waals surface area contributed by atoms with Crippen molar-refractivity contribution < 1.29 is 9.90 Å². The smallest absolute Gasteiger partial charge is 0.253 e. The van der Waals surface area contributed by atoms with Crippen LogP contribution in [0.4, 0.5) is 0 Å². The van der Waals surface area contributed by atoms with Crippen LogP contribution in [-0.2, 0) is 13.0 Å². The highest BCUT2D eigenvalue weighted by Crippen LogP contribution is 2.17. The minimum absolute atomic E-state index is 0.175. The molecule has 21 heavy (non-hydrogen) atoms. The second-order valence-corrected chi connectivity index (χ2v) is 5.33. The number of pyridine rings is 1. The normalized spacial score (nSPS) is 9.81. The number of aryl methyl sites for hydroxylation is 1. The third kappa shape index (κ3) is 4.15. The maximum absolute atomic E-state index is 12.1. The lowest BCUT2D eigenvalue weighted by atomic mass is 10.2. The highest BCUT2D eigenvalue weighted by Gasteiger charge is 2.08. The van der Waals surface area contributed by atoms with Crippen LogP contribution < -0.4 is 5.32 Å². The van der Waals surface area contributed by atoms with Crippen LogP contribution >= 0.6 is 11.3 Å². The molecule has 0 aromatic carbocycles. The maximum atomic E-state index is 12.1. The van der Waals surface area contributed by atoms with Crippen molar-refractivity contribution in [3.8, 4) is 11.8 Å². The van der Waals surface area contributed by atoms with E-state index in [1.807, 2.05) is 5.38 Å². The summed E-state index contributed by atoms with van der Waals surface area (Å²) in [5.41, 5.74) is 2.34. The molecule has 5 heteroatoms. The second-order valence-electron chi connectivity index (χ2n) is 4.33. The number of carbonyl (C=O) groups excluding carboxylic acids is 1. The summed E-state index contributed by atoms with van der Waals surface area (Å²) in [7, 11) is 0. The zero-order chi connectivity index (χ0) is 15.1. The van der Waals surface area contributed by atoms with Crippen molar-refractivity contribution in [2.75, 3.05) is 6.61 Å². The Morgan fingerprint density at radius 2 is 2.33 bits per heavy atom. The Labute approximate surface area is 127 Å². The summed E-state index contributed by atoms with van der Waals surface area (Å²) in [4.78, 5) is 17.3. The fourth-order valence-electron chi connectivity index (χ4n) is 1.87. The molecule has 0 radical (unpaired) electrons. The Bertz CT molecular complexity index is 683. The van der Waals surface area contributed by atoms with E-state index in [4.69, 9.17) is 5.11 Å². The third-order valence-corrected chi connectivity index (χ3v) is 3.90. The Hall–Kier alpha value is -2.16. The van der Waals surface area contributed by atoms with Gasteiger partial charge in [0.2, 0.25) is 0 Å². The molecular formula is C16H16N2O2S. The number of aliphatic hydroxyl groups excluding tert-OH is 1. The first-order valence-electron chi connectivity index (χ1n) is 6.62. The van der Waals surface area contributed by atoms with Crippen LogP contribution in [0.15, 0.2) is 29.9 Å². The molecule has 2 rings (SSSR count). The lowest BCUT2D eigenvalue weighted by Crippen LogP contribution is -2.23. The number of thiophene rings is 1. The molecule has 0 saturated heterocycles. The fraction of sp³-hybridized carbons (Fsp3) is 0.250. The summed E-state index contributed by atoms with van der Waals surface area (Å²) >= 11 is 1.65. The third-order valence-electron chi connectivity index (χ3n) is 2.94. The van der Waals surface area contributed by atoms with E-state index in [0.717, 1.165) is 6.42 Å². The summed E-state index contributed by atoms with van der Waals surface area (Å²) in [6.45, 7) is 2.40. The van der Waals surface area contributed by atoms with Crippen molar-refractivity contribution in [2.45, 2.75) is 19.9 Å². The van der Waals surface area contributed by atoms with Gasteiger partial charge in [0, 0.05) is 22.8 Å². The predicted molar refractivity (Wildman–Crippen MR) is 83.1 cm³/mol. The first-order chi connectivity index (χ1) is 10.2. The van der Waals surface area contributed by atoms with Gasteiger partial charge in [-0.2, -0.15) is 0 Å². The second kappa shape index (κ2) is 7.58. The molecule has 0 fully saturated rings. The van der Waals surface area contributed by atoms with Gasteiger partial charge in [-0.05, 0) is 29.5 Å². The largest absolute Gasteiger partial charge is 0.384 e. The number of amides is 1. The number of carbonyl (C=O) groups is 1. The van der Waals surface area contributed by atoms with Crippen LogP contribution in [0.1, 0.15) is 33.3 Å². The molecule has 2 N–H and O–H groups in total. The number of aromatic nitrogens is 1. The van der Waals surface area contributed by atoms with Crippen LogP contribution in [-0.4, -0.2) is 22.6 Å². The number of hydrogen-bond acceptors (Lipinski definition) is 4. The van der Waals surface area contributed by atoms with E-state index in [2.05, 4.69) is 35.1 Å². The van der Waals surface area contributed by atoms with E-state index in [-0.39, 0.29) is 12.5 Å². The molecule has 108 valence electrons. The van der Waals surface area contributed by atoms with Gasteiger partial charge in [-0.15, -0.1) is 11.3 Å². The molecular weight excluding hydrogens is 284 g/mol. The fourth-order valence-corrected chi connectivity index (χ4v) is 2.79. The van der Waals surface area contributed by atoms with Crippen molar-refractivity contribution >= 4 is 17.2 Å². The summed E-state index contributed by atoms with van der Waals surface area (Å²) in [5.74, 6) is 5.10. The highest BCUT2D eigenvalue weighted by molar-refractivity contribution is 7.10. The molecule has 0 aliphatic carbocycles. The molecule has 0 atom stereocenters. The van der Waals surface area contributed by atoms with Crippen LogP contribution in [0.25, 0.3) is 0 Å². The van der Waals surface area contributed by atoms with Crippen molar-refractivity contribution in [1.82, 2.24) is 10.3 Å². The minimum atomic E-state index is -0.214. The first-order valence-corrected chi connectivity index (χ1v) is 7.50. The maximum Gasteiger partial charge on any atom is 0.253 e. The predicted octanol–water partition coefficient (Wildman–Crippen LogP) is 1.98. The van der Waals surface area contributed by atoms with Crippen LogP contribution in [0, 0.1) is 11.8 Å². The van der Waals surface area contributed by atoms with Gasteiger partial charge in [-0.3, -0.25) is 9.78 Å². The molecule has 2 aromatic heterocycles. The Morgan fingerprint density at radius 3 is 3.10 bits per heavy atom. The van der Waals surface area contributed by atoms with Gasteiger partial charge < -0.3 is 10.4 Å². The van der Waals surface area contributed by atoms with Crippen molar-refractivity contribution in [1.29, 1.82) is 0 Å². The van der Waals surface area contributed by atoms with E-state index in [0.29, 0.717) is 17.7 Å². The van der Waals surface area contributed by atoms with E-state index < -0.39 is 0 Å². The molecule has 0 saturated carbocycles. The Morgan fingerprint density at radius 1 is 1.48 bits per heavy atom. The van der Waals surface area contributed by atoms with Gasteiger partial charge in [0.05, 0.1) is 12.1 Å². The van der Waals surface area contributed by atoms with Gasteiger partial charge in [0.25, 0.3) is 5.91 Å². The van der Waals surface area contributed by atoms with Gasteiger partial charge in [-0.1, -0.05) is 18.8 Å². The Balaban J connectivity index is 2.03. The molecule has 0 aliphatic heterocycles. The highest BCUT2D eigenvalue weighted by atomic mass is 32.1. The number of aliphatic hydroxyl groups is 1. The van der Waals surface area contributed by atoms with E-state index in [9.17, 15) is 4.79 Å². The van der Waals surface area contributed by atoms with Crippen LogP contribution in [0.5, 0.6) is 0 Å². The monoisotopic (exact) mass is 300 g/mol. The van der Waals surface area contributed by atoms with Gasteiger partial charge in [0.1, 0.15) is 6.61 Å². The quantitative estimate of drug-likeness (QED) is 0.849. The number of nitrogens with one attached hydrogen (secondary N) is 1. The standard InChI is InChI=1S/C16H16N2O2S/c1-2-13-5-7-21-15(13)11-18-16(20)14-8-12(4-3-6-19)9-17-10-14/h5,7-10,19H,2,6,11H2,1H3,(H,18,20). The van der Waals surface area contributed by atoms with E-state index in [1.165, 1.54) is 16.6 Å². The summed E-state index contributed by atoms with van der Waals surface area (Å²) in [6.07, 6.45) is 4.03. The molecule has 0 unspecified atom stereocenters. The summed E-state index contributed by atoms with van der Waals surface area (Å²) in [6, 6.07) is 3.75. The molecule has 0 aliphatic rings. The van der Waals surface area contributed by atoms with Crippen molar-refractivity contribution in [2.24, 2.45) is 0 Å². The first kappa shape index (κ1) is 15.2. The SMILES string of the molecule is CCc1ccsc1CNC(=O)c1cncc(C#CCO)c1. The molecule has 0 spiro atoms. The number of rotatable bonds is 4. The molecule has 4 nitrogen and oxygen atoms in total. The van der Waals surface area contributed by atoms with E-state index in [1.54, 1.807) is 23.6 Å². The topological polar surface area (TPSA) is 62.2 Å². The molecule has 2 heterocycles. The summed E-state index contributed by atoms with van der Waals surface area (Å²) in [5, 5.41) is 13.6. The average molecular weight is 300 g/mol. The number of hydrogen-bond donors (Lipinski definition) is 2. The lowest BCUT2D eigenvalue weighted by molar-refractivity contribution is 0.0951. The minimum Gasteiger partial charge on any atom is -0.384 e. The zero-order valence-electron chi connectivity index (χ0n) is 11.7. The number of nitrogens with zero attached hydrogens (tertiary/aromatic N) is 1. The molecule has 0 bridgehead atoms. The van der Waals surface area contributed by atoms with Gasteiger partial charge in [-0.25, -0.2) is 0 Å². The van der Waals surface area contributed by atoms with E-state index >= 15 is 0 Å². The zero-order valence-corrected chi connectivity index (χ0v) is 12.5. The van der Waals surface area contributed by atoms with Gasteiger partial charge >= 0.3 is 0 Å². The average Bonchev–Trinajstić information content (AvgIpc) is 2.98. The van der Waals surface area contributed by atoms with Gasteiger partial charge in [0.15, 0.2) is 0 Å². The summed E-state index contributed by atoms with van der Waals surface area (Å²) < 4.78 is 0. The Kier molecular flexibility index (Phi) is 5.50. The van der Waals surface area contributed by atoms with Crippen LogP contribution in [0.2, 0.25) is 0 Å².